The molecule has 0 aromatic heterocycles. The second-order valence-corrected chi connectivity index (χ2v) is 11.9. The molecule has 2 aliphatic rings. The van der Waals surface area contributed by atoms with Crippen LogP contribution in [-0.4, -0.2) is 15.9 Å². The largest absolute Gasteiger partial charge is 1.00 e. The smallest absolute Gasteiger partial charge is 0.158 e. The summed E-state index contributed by atoms with van der Waals surface area (Å²) in [5.74, 6) is 1.42. The molecule has 0 heterocycles. The van der Waals surface area contributed by atoms with E-state index in [0.29, 0.717) is 17.9 Å². The van der Waals surface area contributed by atoms with Crippen molar-refractivity contribution in [3.63, 3.8) is 0 Å². The predicted octanol–water partition coefficient (Wildman–Crippen LogP) is 0.140. The van der Waals surface area contributed by atoms with Crippen LogP contribution in [0.1, 0.15) is 69.2 Å². The van der Waals surface area contributed by atoms with Crippen molar-refractivity contribution in [2.75, 3.05) is 0 Å². The average Bonchev–Trinajstić information content (AvgIpc) is 2.85. The van der Waals surface area contributed by atoms with Crippen LogP contribution in [0.2, 0.25) is 6.55 Å². The zero-order valence-electron chi connectivity index (χ0n) is 19.1. The molecule has 27 heavy (non-hydrogen) atoms. The van der Waals surface area contributed by atoms with Crippen molar-refractivity contribution in [3.05, 3.63) is 40.0 Å². The molecule has 0 fully saturated rings. The molecule has 154 valence electrons. The summed E-state index contributed by atoms with van der Waals surface area (Å²) in [6.45, 7) is 25.1. The summed E-state index contributed by atoms with van der Waals surface area (Å²) < 4.78 is 8.82. The molecule has 0 saturated heterocycles. The van der Waals surface area contributed by atoms with Gasteiger partial charge in [0.1, 0.15) is 0 Å². The third kappa shape index (κ3) is 7.10. The molecular weight excluding hydrogens is 470 g/mol. The van der Waals surface area contributed by atoms with E-state index in [1.807, 2.05) is 6.56 Å². The number of rotatable bonds is 4. The molecular formula is C22H38Cl2OSiZr. The van der Waals surface area contributed by atoms with Crippen LogP contribution in [0.15, 0.2) is 40.0 Å². The zero-order valence-corrected chi connectivity index (χ0v) is 24.5. The van der Waals surface area contributed by atoms with Crippen LogP contribution in [0.3, 0.4) is 0 Å². The SMILES string of the molecule is CC1=C(C)C(C)[C]([Zr+2][C]2=C(C)C(C)=C(C)C2C)=C1C.C[SiH2]OC(C)C.[Cl-].[Cl-]. The van der Waals surface area contributed by atoms with Gasteiger partial charge in [0.2, 0.25) is 0 Å². The van der Waals surface area contributed by atoms with Crippen molar-refractivity contribution in [3.8, 4) is 0 Å². The molecule has 0 amide bonds. The van der Waals surface area contributed by atoms with Gasteiger partial charge >= 0.3 is 130 Å². The number of hydrogen-bond acceptors (Lipinski definition) is 1. The quantitative estimate of drug-likeness (QED) is 0.491. The second kappa shape index (κ2) is 13.0. The van der Waals surface area contributed by atoms with Crippen molar-refractivity contribution in [2.24, 2.45) is 11.8 Å². The Morgan fingerprint density at radius 2 is 1.07 bits per heavy atom. The molecule has 2 unspecified atom stereocenters. The number of halogens is 2. The Hall–Kier alpha value is 0.600. The number of allylic oxidation sites excluding steroid dienone is 8. The van der Waals surface area contributed by atoms with Crippen molar-refractivity contribution < 1.29 is 52.5 Å². The van der Waals surface area contributed by atoms with Crippen molar-refractivity contribution in [1.82, 2.24) is 0 Å². The minimum Gasteiger partial charge on any atom is -1.00 e. The van der Waals surface area contributed by atoms with E-state index < -0.39 is 23.2 Å². The first-order valence-corrected chi connectivity index (χ1v) is 14.1. The van der Waals surface area contributed by atoms with Gasteiger partial charge in [-0.05, 0) is 13.8 Å². The Labute approximate surface area is 194 Å². The third-order valence-corrected chi connectivity index (χ3v) is 12.3. The summed E-state index contributed by atoms with van der Waals surface area (Å²) in [7, 11) is -0.133. The van der Waals surface area contributed by atoms with Gasteiger partial charge in [-0.1, -0.05) is 6.55 Å². The third-order valence-electron chi connectivity index (χ3n) is 6.05. The van der Waals surface area contributed by atoms with Gasteiger partial charge in [0.15, 0.2) is 9.76 Å². The first-order valence-electron chi connectivity index (χ1n) is 9.70. The first-order chi connectivity index (χ1) is 11.5. The maximum absolute atomic E-state index is 5.18. The summed E-state index contributed by atoms with van der Waals surface area (Å²) in [6, 6.07) is 0. The summed E-state index contributed by atoms with van der Waals surface area (Å²) >= 11 is -0.601. The van der Waals surface area contributed by atoms with Crippen LogP contribution in [-0.2, 0) is 27.7 Å². The van der Waals surface area contributed by atoms with Gasteiger partial charge in [-0.2, -0.15) is 0 Å². The molecule has 1 nitrogen and oxygen atoms in total. The molecule has 2 atom stereocenters. The fraction of sp³-hybridized carbons (Fsp3) is 0.636. The molecule has 0 spiro atoms. The minimum absolute atomic E-state index is 0. The normalized spacial score (nSPS) is 22.4. The van der Waals surface area contributed by atoms with Gasteiger partial charge < -0.3 is 29.2 Å². The topological polar surface area (TPSA) is 9.23 Å². The standard InChI is InChI=1S/2C9H13.C4H12OSi.2ClH.Zr/c2*1-6-5-7(2)9(4)8(6)3;1-4(2)5-6-3;;;/h2*6H,1-4H3;4H,6H2,1-3H3;2*1H;/q;;;;;+2/p-2. The van der Waals surface area contributed by atoms with E-state index >= 15 is 0 Å². The fourth-order valence-electron chi connectivity index (χ4n) is 3.61. The molecule has 5 heteroatoms. The molecule has 0 N–H and O–H groups in total. The predicted molar refractivity (Wildman–Crippen MR) is 111 cm³/mol. The van der Waals surface area contributed by atoms with E-state index in [0.717, 1.165) is 0 Å². The summed E-state index contributed by atoms with van der Waals surface area (Å²) in [4.78, 5) is 0. The molecule has 2 aliphatic carbocycles. The van der Waals surface area contributed by atoms with Crippen LogP contribution in [0.25, 0.3) is 0 Å². The fourth-order valence-corrected chi connectivity index (χ4v) is 8.96. The molecule has 0 aliphatic heterocycles. The van der Waals surface area contributed by atoms with Gasteiger partial charge in [0.25, 0.3) is 0 Å². The Morgan fingerprint density at radius 3 is 1.22 bits per heavy atom. The van der Waals surface area contributed by atoms with Crippen LogP contribution in [0, 0.1) is 11.8 Å². The maximum Gasteiger partial charge on any atom is 0.158 e. The van der Waals surface area contributed by atoms with E-state index in [1.165, 1.54) is 0 Å². The van der Waals surface area contributed by atoms with Crippen LogP contribution < -0.4 is 24.8 Å². The van der Waals surface area contributed by atoms with E-state index in [2.05, 4.69) is 75.8 Å². The Kier molecular flexibility index (Phi) is 14.4. The van der Waals surface area contributed by atoms with E-state index in [-0.39, 0.29) is 34.6 Å². The molecule has 0 saturated carbocycles. The molecule has 0 bridgehead atoms. The Balaban J connectivity index is 0. The summed E-state index contributed by atoms with van der Waals surface area (Å²) in [5, 5.41) is 0. The van der Waals surface area contributed by atoms with Crippen LogP contribution in [0.4, 0.5) is 0 Å². The van der Waals surface area contributed by atoms with Crippen LogP contribution in [0.5, 0.6) is 0 Å². The van der Waals surface area contributed by atoms with Gasteiger partial charge in [-0.25, -0.2) is 0 Å². The van der Waals surface area contributed by atoms with Crippen molar-refractivity contribution >= 4 is 9.76 Å². The maximum atomic E-state index is 5.18. The number of hydrogen-bond donors (Lipinski definition) is 0. The Bertz CT molecular complexity index is 595. The van der Waals surface area contributed by atoms with Gasteiger partial charge in [0.05, 0.1) is 0 Å². The van der Waals surface area contributed by atoms with Crippen LogP contribution >= 0.6 is 0 Å². The summed E-state index contributed by atoms with van der Waals surface area (Å²) in [5.41, 5.74) is 9.58. The Morgan fingerprint density at radius 1 is 0.741 bits per heavy atom. The summed E-state index contributed by atoms with van der Waals surface area (Å²) in [6.07, 6.45) is 0.460. The molecule has 2 rings (SSSR count). The van der Waals surface area contributed by atoms with E-state index in [1.54, 1.807) is 33.4 Å². The first kappa shape index (κ1) is 29.8. The van der Waals surface area contributed by atoms with Gasteiger partial charge in [-0.3, -0.25) is 0 Å². The van der Waals surface area contributed by atoms with E-state index in [9.17, 15) is 0 Å². The van der Waals surface area contributed by atoms with Gasteiger partial charge in [-0.15, -0.1) is 0 Å². The van der Waals surface area contributed by atoms with E-state index in [4.69, 9.17) is 4.43 Å². The van der Waals surface area contributed by atoms with Crippen molar-refractivity contribution in [1.29, 1.82) is 0 Å². The second-order valence-electron chi connectivity index (χ2n) is 7.77. The molecule has 0 radical (unpaired) electrons. The molecule has 0 aromatic carbocycles. The van der Waals surface area contributed by atoms with Crippen molar-refractivity contribution in [2.45, 2.75) is 81.9 Å². The minimum atomic E-state index is -0.601. The monoisotopic (exact) mass is 506 g/mol. The average molecular weight is 509 g/mol. The van der Waals surface area contributed by atoms with Gasteiger partial charge in [0, 0.05) is 6.10 Å². The zero-order chi connectivity index (χ0) is 19.5. The molecule has 0 aromatic rings.